The maximum atomic E-state index is 13.3. The van der Waals surface area contributed by atoms with E-state index in [4.69, 9.17) is 5.73 Å². The van der Waals surface area contributed by atoms with Gasteiger partial charge in [-0.25, -0.2) is 4.39 Å². The van der Waals surface area contributed by atoms with Gasteiger partial charge in [-0.1, -0.05) is 32.1 Å². The molecule has 0 saturated heterocycles. The Labute approximate surface area is 119 Å². The van der Waals surface area contributed by atoms with Crippen molar-refractivity contribution in [3.05, 3.63) is 35.1 Å². The summed E-state index contributed by atoms with van der Waals surface area (Å²) in [5.74, 6) is 4.76. The number of amides is 1. The van der Waals surface area contributed by atoms with Gasteiger partial charge in [0, 0.05) is 11.6 Å². The number of nitrogens with two attached hydrogens (primary N) is 1. The smallest absolute Gasteiger partial charge is 0.252 e. The Morgan fingerprint density at radius 3 is 2.80 bits per heavy atom. The minimum atomic E-state index is -0.447. The second-order valence-electron chi connectivity index (χ2n) is 4.56. The van der Waals surface area contributed by atoms with Crippen molar-refractivity contribution in [1.82, 2.24) is 5.32 Å². The summed E-state index contributed by atoms with van der Waals surface area (Å²) >= 11 is 0. The molecule has 20 heavy (non-hydrogen) atoms. The first-order chi connectivity index (χ1) is 9.62. The molecule has 108 valence electrons. The van der Waals surface area contributed by atoms with E-state index in [2.05, 4.69) is 24.1 Å². The van der Waals surface area contributed by atoms with Gasteiger partial charge in [0.05, 0.1) is 12.1 Å². The van der Waals surface area contributed by atoms with Crippen LogP contribution in [0.2, 0.25) is 0 Å². The number of nitrogens with one attached hydrogen (secondary N) is 1. The first-order valence-electron chi connectivity index (χ1n) is 6.91. The quantitative estimate of drug-likeness (QED) is 0.812. The monoisotopic (exact) mass is 276 g/mol. The number of halogens is 1. The van der Waals surface area contributed by atoms with E-state index in [1.54, 1.807) is 0 Å². The molecule has 1 aromatic rings. The molecule has 0 spiro atoms. The highest BCUT2D eigenvalue weighted by molar-refractivity contribution is 5.96. The fourth-order valence-electron chi connectivity index (χ4n) is 1.95. The molecule has 1 atom stereocenters. The van der Waals surface area contributed by atoms with E-state index in [1.165, 1.54) is 18.2 Å². The van der Waals surface area contributed by atoms with E-state index >= 15 is 0 Å². The van der Waals surface area contributed by atoms with Crippen LogP contribution in [0, 0.1) is 17.7 Å². The Hall–Kier alpha value is -1.86. The molecule has 0 aliphatic carbocycles. The number of hydrogen-bond acceptors (Lipinski definition) is 2. The van der Waals surface area contributed by atoms with Crippen molar-refractivity contribution in [3.8, 4) is 11.8 Å². The third-order valence-corrected chi connectivity index (χ3v) is 3.02. The minimum Gasteiger partial charge on any atom is -0.349 e. The molecule has 1 amide bonds. The van der Waals surface area contributed by atoms with Gasteiger partial charge in [-0.05, 0) is 31.0 Å². The van der Waals surface area contributed by atoms with Crippen LogP contribution in [-0.2, 0) is 0 Å². The highest BCUT2D eigenvalue weighted by Crippen LogP contribution is 2.12. The van der Waals surface area contributed by atoms with E-state index in [1.807, 2.05) is 6.92 Å². The molecule has 1 unspecified atom stereocenters. The maximum Gasteiger partial charge on any atom is 0.252 e. The van der Waals surface area contributed by atoms with Crippen LogP contribution in [0.4, 0.5) is 4.39 Å². The lowest BCUT2D eigenvalue weighted by Gasteiger charge is -2.16. The molecule has 0 bridgehead atoms. The van der Waals surface area contributed by atoms with Gasteiger partial charge in [0.25, 0.3) is 5.91 Å². The zero-order valence-electron chi connectivity index (χ0n) is 12.0. The Morgan fingerprint density at radius 1 is 1.45 bits per heavy atom. The molecule has 0 aliphatic rings. The van der Waals surface area contributed by atoms with E-state index < -0.39 is 5.82 Å². The van der Waals surface area contributed by atoms with Crippen LogP contribution in [0.5, 0.6) is 0 Å². The summed E-state index contributed by atoms with van der Waals surface area (Å²) in [4.78, 5) is 12.2. The predicted octanol–water partition coefficient (Wildman–Crippen LogP) is 2.44. The summed E-state index contributed by atoms with van der Waals surface area (Å²) in [7, 11) is 0. The molecular weight excluding hydrogens is 255 g/mol. The average Bonchev–Trinajstić information content (AvgIpc) is 2.45. The van der Waals surface area contributed by atoms with Crippen molar-refractivity contribution in [1.29, 1.82) is 0 Å². The van der Waals surface area contributed by atoms with Gasteiger partial charge in [-0.15, -0.1) is 0 Å². The standard InChI is InChI=1S/C16H21FN2O/c1-3-6-14(4-2)19-16(20)15-11-13(17)9-8-12(15)7-5-10-18/h8-9,11,14H,3-4,6,10,18H2,1-2H3,(H,19,20). The topological polar surface area (TPSA) is 55.1 Å². The molecular formula is C16H21FN2O. The van der Waals surface area contributed by atoms with Crippen molar-refractivity contribution in [2.24, 2.45) is 5.73 Å². The summed E-state index contributed by atoms with van der Waals surface area (Å²) in [6.07, 6.45) is 2.74. The van der Waals surface area contributed by atoms with Gasteiger partial charge in [-0.2, -0.15) is 0 Å². The number of benzene rings is 1. The zero-order chi connectivity index (χ0) is 15.0. The second-order valence-corrected chi connectivity index (χ2v) is 4.56. The highest BCUT2D eigenvalue weighted by Gasteiger charge is 2.15. The largest absolute Gasteiger partial charge is 0.349 e. The summed E-state index contributed by atoms with van der Waals surface area (Å²) in [5.41, 5.74) is 6.09. The van der Waals surface area contributed by atoms with E-state index in [0.717, 1.165) is 19.3 Å². The van der Waals surface area contributed by atoms with E-state index in [-0.39, 0.29) is 24.1 Å². The number of hydrogen-bond donors (Lipinski definition) is 2. The van der Waals surface area contributed by atoms with Crippen LogP contribution in [0.3, 0.4) is 0 Å². The molecule has 0 aromatic heterocycles. The van der Waals surface area contributed by atoms with E-state index in [9.17, 15) is 9.18 Å². The molecule has 0 saturated carbocycles. The Morgan fingerprint density at radius 2 is 2.20 bits per heavy atom. The third-order valence-electron chi connectivity index (χ3n) is 3.02. The fourth-order valence-corrected chi connectivity index (χ4v) is 1.95. The predicted molar refractivity (Wildman–Crippen MR) is 78.8 cm³/mol. The van der Waals surface area contributed by atoms with E-state index in [0.29, 0.717) is 5.56 Å². The third kappa shape index (κ3) is 4.67. The zero-order valence-corrected chi connectivity index (χ0v) is 12.0. The Bertz CT molecular complexity index is 517. The lowest BCUT2D eigenvalue weighted by molar-refractivity contribution is 0.0933. The fraction of sp³-hybridized carbons (Fsp3) is 0.438. The van der Waals surface area contributed by atoms with Crippen LogP contribution >= 0.6 is 0 Å². The molecule has 0 fully saturated rings. The van der Waals surface area contributed by atoms with Gasteiger partial charge >= 0.3 is 0 Å². The Balaban J connectivity index is 2.98. The minimum absolute atomic E-state index is 0.103. The normalized spacial score (nSPS) is 11.4. The number of rotatable bonds is 5. The van der Waals surface area contributed by atoms with Crippen molar-refractivity contribution < 1.29 is 9.18 Å². The summed E-state index contributed by atoms with van der Waals surface area (Å²) in [5, 5.41) is 2.92. The van der Waals surface area contributed by atoms with Crippen LogP contribution in [0.1, 0.15) is 49.0 Å². The first-order valence-corrected chi connectivity index (χ1v) is 6.91. The average molecular weight is 276 g/mol. The van der Waals surface area contributed by atoms with Gasteiger partial charge in [-0.3, -0.25) is 4.79 Å². The first kappa shape index (κ1) is 16.2. The molecule has 4 heteroatoms. The summed E-state index contributed by atoms with van der Waals surface area (Å²) in [6.45, 7) is 4.28. The molecule has 0 radical (unpaired) electrons. The SMILES string of the molecule is CCCC(CC)NC(=O)c1cc(F)ccc1C#CCN. The summed E-state index contributed by atoms with van der Waals surface area (Å²) < 4.78 is 13.3. The van der Waals surface area contributed by atoms with Crippen LogP contribution in [0.15, 0.2) is 18.2 Å². The van der Waals surface area contributed by atoms with Crippen LogP contribution in [0.25, 0.3) is 0 Å². The summed E-state index contributed by atoms with van der Waals surface area (Å²) in [6, 6.07) is 4.12. The van der Waals surface area contributed by atoms with Crippen molar-refractivity contribution >= 4 is 5.91 Å². The molecule has 1 aromatic carbocycles. The van der Waals surface area contributed by atoms with Crippen molar-refractivity contribution in [3.63, 3.8) is 0 Å². The number of carbonyl (C=O) groups excluding carboxylic acids is 1. The Kier molecular flexibility index (Phi) is 6.75. The molecule has 1 rings (SSSR count). The maximum absolute atomic E-state index is 13.3. The molecule has 0 heterocycles. The lowest BCUT2D eigenvalue weighted by atomic mass is 10.0. The van der Waals surface area contributed by atoms with Crippen molar-refractivity contribution in [2.75, 3.05) is 6.54 Å². The molecule has 3 nitrogen and oxygen atoms in total. The van der Waals surface area contributed by atoms with Gasteiger partial charge in [0.15, 0.2) is 0 Å². The number of carbonyl (C=O) groups is 1. The van der Waals surface area contributed by atoms with Gasteiger partial charge in [0.2, 0.25) is 0 Å². The van der Waals surface area contributed by atoms with Crippen LogP contribution in [-0.4, -0.2) is 18.5 Å². The molecule has 0 aliphatic heterocycles. The molecule has 3 N–H and O–H groups in total. The van der Waals surface area contributed by atoms with Crippen LogP contribution < -0.4 is 11.1 Å². The highest BCUT2D eigenvalue weighted by atomic mass is 19.1. The van der Waals surface area contributed by atoms with Gasteiger partial charge < -0.3 is 11.1 Å². The second kappa shape index (κ2) is 8.34. The van der Waals surface area contributed by atoms with Crippen molar-refractivity contribution in [2.45, 2.75) is 39.2 Å². The van der Waals surface area contributed by atoms with Gasteiger partial charge in [0.1, 0.15) is 5.82 Å². The lowest BCUT2D eigenvalue weighted by Crippen LogP contribution is -2.34.